The van der Waals surface area contributed by atoms with Crippen LogP contribution in [0.25, 0.3) is 0 Å². The molecule has 0 bridgehead atoms. The van der Waals surface area contributed by atoms with E-state index in [-0.39, 0.29) is 11.3 Å². The van der Waals surface area contributed by atoms with Crippen molar-refractivity contribution in [1.29, 1.82) is 0 Å². The highest BCUT2D eigenvalue weighted by Crippen LogP contribution is 2.25. The molecule has 0 atom stereocenters. The van der Waals surface area contributed by atoms with Gasteiger partial charge in [-0.15, -0.1) is 0 Å². The number of aromatic carboxylic acids is 1. The molecule has 4 N–H and O–H groups in total. The smallest absolute Gasteiger partial charge is 0.340 e. The van der Waals surface area contributed by atoms with Gasteiger partial charge in [0.25, 0.3) is 0 Å². The average molecular weight is 339 g/mol. The van der Waals surface area contributed by atoms with Crippen LogP contribution in [-0.2, 0) is 6.54 Å². The maximum absolute atomic E-state index is 13.3. The number of nitrogens with one attached hydrogen (secondary N) is 1. The number of halogens is 2. The van der Waals surface area contributed by atoms with E-state index in [1.54, 1.807) is 0 Å². The minimum Gasteiger partial charge on any atom is -0.478 e. The van der Waals surface area contributed by atoms with Gasteiger partial charge in [-0.2, -0.15) is 0 Å². The van der Waals surface area contributed by atoms with E-state index >= 15 is 0 Å². The highest BCUT2D eigenvalue weighted by atomic mass is 79.9. The second-order valence-corrected chi connectivity index (χ2v) is 5.08. The minimum atomic E-state index is -1.26. The van der Waals surface area contributed by atoms with E-state index in [2.05, 4.69) is 21.2 Å². The molecule has 2 aromatic carbocycles. The van der Waals surface area contributed by atoms with Crippen LogP contribution in [0.4, 0.5) is 15.8 Å². The zero-order valence-corrected chi connectivity index (χ0v) is 11.9. The third-order valence-corrected chi connectivity index (χ3v) is 3.33. The quantitative estimate of drug-likeness (QED) is 0.746. The number of rotatable bonds is 4. The van der Waals surface area contributed by atoms with Crippen LogP contribution in [0.1, 0.15) is 15.9 Å². The molecule has 0 aromatic heterocycles. The Labute approximate surface area is 123 Å². The number of benzene rings is 2. The van der Waals surface area contributed by atoms with Gasteiger partial charge in [-0.05, 0) is 29.8 Å². The molecule has 0 saturated carbocycles. The summed E-state index contributed by atoms with van der Waals surface area (Å²) in [6.07, 6.45) is 0. The summed E-state index contributed by atoms with van der Waals surface area (Å²) in [5.74, 6) is -2.00. The Morgan fingerprint density at radius 2 is 1.90 bits per heavy atom. The van der Waals surface area contributed by atoms with Crippen molar-refractivity contribution in [2.24, 2.45) is 0 Å². The molecule has 0 aliphatic carbocycles. The third kappa shape index (κ3) is 3.08. The first kappa shape index (κ1) is 14.3. The fourth-order valence-corrected chi connectivity index (χ4v) is 2.04. The Morgan fingerprint density at radius 1 is 1.25 bits per heavy atom. The Hall–Kier alpha value is -2.08. The first-order chi connectivity index (χ1) is 9.49. The monoisotopic (exact) mass is 338 g/mol. The Bertz CT molecular complexity index is 644. The molecule has 0 saturated heterocycles. The molecule has 2 aromatic rings. The molecular formula is C14H12BrFN2O2. The molecule has 20 heavy (non-hydrogen) atoms. The van der Waals surface area contributed by atoms with Crippen molar-refractivity contribution in [3.05, 3.63) is 57.8 Å². The lowest BCUT2D eigenvalue weighted by Gasteiger charge is -2.12. The number of carboxylic acid groups (broad SMARTS) is 1. The van der Waals surface area contributed by atoms with Crippen LogP contribution in [0.3, 0.4) is 0 Å². The van der Waals surface area contributed by atoms with Gasteiger partial charge < -0.3 is 16.2 Å². The van der Waals surface area contributed by atoms with Crippen molar-refractivity contribution < 1.29 is 14.3 Å². The van der Waals surface area contributed by atoms with Crippen LogP contribution >= 0.6 is 15.9 Å². The fourth-order valence-electron chi connectivity index (χ4n) is 1.77. The van der Waals surface area contributed by atoms with Crippen LogP contribution in [0.5, 0.6) is 0 Å². The molecular weight excluding hydrogens is 327 g/mol. The number of carbonyl (C=O) groups is 1. The first-order valence-corrected chi connectivity index (χ1v) is 6.58. The molecule has 0 heterocycles. The predicted octanol–water partition coefficient (Wildman–Crippen LogP) is 3.48. The molecule has 0 unspecified atom stereocenters. The highest BCUT2D eigenvalue weighted by Gasteiger charge is 2.17. The molecule has 0 fully saturated rings. The lowest BCUT2D eigenvalue weighted by atomic mass is 10.1. The zero-order valence-electron chi connectivity index (χ0n) is 10.4. The topological polar surface area (TPSA) is 75.3 Å². The summed E-state index contributed by atoms with van der Waals surface area (Å²) in [6, 6.07) is 10.1. The van der Waals surface area contributed by atoms with Crippen molar-refractivity contribution in [2.75, 3.05) is 11.1 Å². The van der Waals surface area contributed by atoms with Gasteiger partial charge in [0, 0.05) is 11.0 Å². The molecule has 0 aliphatic rings. The summed E-state index contributed by atoms with van der Waals surface area (Å²) < 4.78 is 14.3. The summed E-state index contributed by atoms with van der Waals surface area (Å²) in [7, 11) is 0. The molecule has 0 radical (unpaired) electrons. The van der Waals surface area contributed by atoms with Crippen LogP contribution in [0.15, 0.2) is 40.9 Å². The van der Waals surface area contributed by atoms with Crippen molar-refractivity contribution in [1.82, 2.24) is 0 Å². The second-order valence-electron chi connectivity index (χ2n) is 4.17. The van der Waals surface area contributed by atoms with E-state index in [0.29, 0.717) is 12.2 Å². The molecule has 0 amide bonds. The first-order valence-electron chi connectivity index (χ1n) is 5.78. The maximum Gasteiger partial charge on any atom is 0.340 e. The van der Waals surface area contributed by atoms with Gasteiger partial charge in [0.1, 0.15) is 11.4 Å². The van der Waals surface area contributed by atoms with Gasteiger partial charge in [-0.3, -0.25) is 0 Å². The standard InChI is InChI=1S/C14H12BrFN2O2/c15-9-3-1-8(2-4-9)7-18-11-6-5-10(16)13(17)12(11)14(19)20/h1-6,18H,7,17H2,(H,19,20). The summed E-state index contributed by atoms with van der Waals surface area (Å²) in [6.45, 7) is 0.415. The number of anilines is 2. The zero-order chi connectivity index (χ0) is 14.7. The van der Waals surface area contributed by atoms with E-state index in [1.165, 1.54) is 6.07 Å². The van der Waals surface area contributed by atoms with Crippen molar-refractivity contribution in [3.63, 3.8) is 0 Å². The summed E-state index contributed by atoms with van der Waals surface area (Å²) >= 11 is 3.33. The second kappa shape index (κ2) is 5.92. The van der Waals surface area contributed by atoms with Gasteiger partial charge in [-0.25, -0.2) is 9.18 Å². The van der Waals surface area contributed by atoms with Crippen molar-refractivity contribution in [2.45, 2.75) is 6.54 Å². The van der Waals surface area contributed by atoms with Gasteiger partial charge in [0.2, 0.25) is 0 Å². The van der Waals surface area contributed by atoms with Crippen LogP contribution in [0, 0.1) is 5.82 Å². The van der Waals surface area contributed by atoms with E-state index < -0.39 is 11.8 Å². The Morgan fingerprint density at radius 3 is 2.50 bits per heavy atom. The van der Waals surface area contributed by atoms with E-state index in [9.17, 15) is 9.18 Å². The molecule has 104 valence electrons. The SMILES string of the molecule is Nc1c(F)ccc(NCc2ccc(Br)cc2)c1C(=O)O. The average Bonchev–Trinajstić information content (AvgIpc) is 2.41. The van der Waals surface area contributed by atoms with Crippen LogP contribution in [0.2, 0.25) is 0 Å². The Balaban J connectivity index is 2.23. The molecule has 2 rings (SSSR count). The fraction of sp³-hybridized carbons (Fsp3) is 0.0714. The van der Waals surface area contributed by atoms with Crippen molar-refractivity contribution in [3.8, 4) is 0 Å². The summed E-state index contributed by atoms with van der Waals surface area (Å²) in [4.78, 5) is 11.2. The van der Waals surface area contributed by atoms with Gasteiger partial charge in [-0.1, -0.05) is 28.1 Å². The van der Waals surface area contributed by atoms with Crippen LogP contribution < -0.4 is 11.1 Å². The maximum atomic E-state index is 13.3. The largest absolute Gasteiger partial charge is 0.478 e. The van der Waals surface area contributed by atoms with Crippen molar-refractivity contribution >= 4 is 33.3 Å². The number of nitrogens with two attached hydrogens (primary N) is 1. The predicted molar refractivity (Wildman–Crippen MR) is 79.2 cm³/mol. The van der Waals surface area contributed by atoms with E-state index in [0.717, 1.165) is 16.1 Å². The molecule has 6 heteroatoms. The van der Waals surface area contributed by atoms with E-state index in [4.69, 9.17) is 10.8 Å². The number of hydrogen-bond acceptors (Lipinski definition) is 3. The molecule has 4 nitrogen and oxygen atoms in total. The van der Waals surface area contributed by atoms with Crippen LogP contribution in [-0.4, -0.2) is 11.1 Å². The third-order valence-electron chi connectivity index (χ3n) is 2.80. The van der Waals surface area contributed by atoms with E-state index in [1.807, 2.05) is 24.3 Å². The summed E-state index contributed by atoms with van der Waals surface area (Å²) in [5, 5.41) is 12.1. The Kier molecular flexibility index (Phi) is 4.24. The molecule has 0 aliphatic heterocycles. The van der Waals surface area contributed by atoms with Gasteiger partial charge in [0.15, 0.2) is 0 Å². The minimum absolute atomic E-state index is 0.248. The lowest BCUT2D eigenvalue weighted by molar-refractivity contribution is 0.0698. The highest BCUT2D eigenvalue weighted by molar-refractivity contribution is 9.10. The van der Waals surface area contributed by atoms with Gasteiger partial charge in [0.05, 0.1) is 11.4 Å². The normalized spacial score (nSPS) is 10.3. The molecule has 0 spiro atoms. The summed E-state index contributed by atoms with van der Waals surface area (Å²) in [5.41, 5.74) is 6.12. The number of nitrogen functional groups attached to an aromatic ring is 1. The van der Waals surface area contributed by atoms with Gasteiger partial charge >= 0.3 is 5.97 Å². The number of hydrogen-bond donors (Lipinski definition) is 3. The number of carboxylic acids is 1. The lowest BCUT2D eigenvalue weighted by Crippen LogP contribution is -2.10.